The zero-order valence-corrected chi connectivity index (χ0v) is 21.7. The van der Waals surface area contributed by atoms with Gasteiger partial charge in [0.15, 0.2) is 0 Å². The van der Waals surface area contributed by atoms with Crippen LogP contribution in [0.2, 0.25) is 0 Å². The fourth-order valence-corrected chi connectivity index (χ4v) is 8.58. The van der Waals surface area contributed by atoms with E-state index >= 15 is 0 Å². The zero-order chi connectivity index (χ0) is 24.3. The predicted molar refractivity (Wildman–Crippen MR) is 134 cm³/mol. The maximum absolute atomic E-state index is 12.8. The molecule has 0 aromatic heterocycles. The summed E-state index contributed by atoms with van der Waals surface area (Å²) in [7, 11) is 0. The third-order valence-electron chi connectivity index (χ3n) is 10.8. The summed E-state index contributed by atoms with van der Waals surface area (Å²) in [6, 6.07) is 0. The van der Waals surface area contributed by atoms with Crippen LogP contribution in [-0.4, -0.2) is 16.9 Å². The van der Waals surface area contributed by atoms with Crippen LogP contribution in [0.3, 0.4) is 0 Å². The minimum absolute atomic E-state index is 0.159. The molecule has 2 fully saturated rings. The first-order chi connectivity index (χ1) is 15.3. The molecule has 182 valence electrons. The van der Waals surface area contributed by atoms with Crippen molar-refractivity contribution in [3.05, 3.63) is 34.9 Å². The second-order valence-electron chi connectivity index (χ2n) is 12.8. The molecule has 6 atom stereocenters. The summed E-state index contributed by atoms with van der Waals surface area (Å²) in [4.78, 5) is 23.9. The van der Waals surface area contributed by atoms with E-state index in [0.717, 1.165) is 44.9 Å². The lowest BCUT2D eigenvalue weighted by Crippen LogP contribution is -2.50. The monoisotopic (exact) mass is 452 g/mol. The van der Waals surface area contributed by atoms with Crippen LogP contribution in [0.4, 0.5) is 0 Å². The molecule has 4 aliphatic carbocycles. The average molecular weight is 453 g/mol. The van der Waals surface area contributed by atoms with Crippen molar-refractivity contribution in [1.82, 2.24) is 0 Å². The molecule has 0 aliphatic heterocycles. The number of fused-ring (bicyclic) bond motifs is 4. The summed E-state index contributed by atoms with van der Waals surface area (Å²) in [6.07, 6.45) is 11.3. The molecule has 0 aromatic carbocycles. The van der Waals surface area contributed by atoms with Crippen LogP contribution in [0.25, 0.3) is 0 Å². The van der Waals surface area contributed by atoms with Crippen molar-refractivity contribution < 1.29 is 14.7 Å². The van der Waals surface area contributed by atoms with E-state index in [1.807, 2.05) is 6.08 Å². The Labute approximate surface area is 200 Å². The Bertz CT molecular complexity index is 934. The first-order valence-electron chi connectivity index (χ1n) is 13.2. The molecule has 0 bridgehead atoms. The van der Waals surface area contributed by atoms with E-state index in [9.17, 15) is 9.59 Å². The molecule has 5 unspecified atom stereocenters. The molecule has 0 spiro atoms. The molecule has 1 N–H and O–H groups in total. The second-order valence-corrected chi connectivity index (χ2v) is 12.8. The van der Waals surface area contributed by atoms with Crippen molar-refractivity contribution in [2.45, 2.75) is 99.3 Å². The summed E-state index contributed by atoms with van der Waals surface area (Å²) < 4.78 is 0. The molecule has 3 nitrogen and oxygen atoms in total. The lowest BCUT2D eigenvalue weighted by Gasteiger charge is -2.54. The van der Waals surface area contributed by atoms with E-state index in [2.05, 4.69) is 34.6 Å². The van der Waals surface area contributed by atoms with Crippen LogP contribution < -0.4 is 0 Å². The smallest absolute Gasteiger partial charge is 0.330 e. The number of rotatable bonds is 5. The van der Waals surface area contributed by atoms with E-state index in [4.69, 9.17) is 11.7 Å². The number of allylic oxidation sites excluding steroid dienone is 4. The lowest BCUT2D eigenvalue weighted by molar-refractivity contribution is -0.139. The van der Waals surface area contributed by atoms with Gasteiger partial charge in [0.25, 0.3) is 0 Å². The van der Waals surface area contributed by atoms with Crippen molar-refractivity contribution in [3.8, 4) is 0 Å². The number of carbonyl (C=O) groups excluding carboxylic acids is 1. The first-order valence-corrected chi connectivity index (χ1v) is 13.2. The Balaban J connectivity index is 1.54. The van der Waals surface area contributed by atoms with E-state index < -0.39 is 5.97 Å². The zero-order valence-electron chi connectivity index (χ0n) is 21.7. The standard InChI is InChI=1S/C30H44O3/c1-18(9-8-10-19(2)27(32)33)21-13-15-29(6)22-11-12-25-28(4,5)26(31)14-16-30(25,7)24(22)17-23(29)20(21)3/h10,18,21,23,25H,3,8-9,11-17H2,1-2,4-7H3,(H,32,33)/b19-10-/t18?,21?,23?,25?,29?,30-/m1/s1. The molecule has 0 radical (unpaired) electrons. The third-order valence-corrected chi connectivity index (χ3v) is 10.8. The third kappa shape index (κ3) is 3.69. The van der Waals surface area contributed by atoms with Gasteiger partial charge < -0.3 is 5.11 Å². The van der Waals surface area contributed by atoms with Gasteiger partial charge in [0, 0.05) is 17.4 Å². The highest BCUT2D eigenvalue weighted by Gasteiger charge is 2.60. The Morgan fingerprint density at radius 2 is 1.82 bits per heavy atom. The average Bonchev–Trinajstić information content (AvgIpc) is 3.06. The molecule has 0 heterocycles. The Morgan fingerprint density at radius 1 is 1.12 bits per heavy atom. The molecule has 4 rings (SSSR count). The Hall–Kier alpha value is -1.64. The molecule has 4 aliphatic rings. The van der Waals surface area contributed by atoms with Gasteiger partial charge in [-0.1, -0.05) is 64.0 Å². The van der Waals surface area contributed by atoms with Gasteiger partial charge in [-0.15, -0.1) is 0 Å². The van der Waals surface area contributed by atoms with Crippen molar-refractivity contribution in [1.29, 1.82) is 0 Å². The fourth-order valence-electron chi connectivity index (χ4n) is 8.58. The molecule has 33 heavy (non-hydrogen) atoms. The summed E-state index contributed by atoms with van der Waals surface area (Å²) >= 11 is 0. The van der Waals surface area contributed by atoms with Gasteiger partial charge in [0.2, 0.25) is 0 Å². The van der Waals surface area contributed by atoms with Gasteiger partial charge >= 0.3 is 5.97 Å². The number of aliphatic carboxylic acids is 1. The van der Waals surface area contributed by atoms with E-state index in [1.54, 1.807) is 18.1 Å². The maximum atomic E-state index is 12.8. The SMILES string of the molecule is C=C1C(C(C)CC/C=C(/C)C(=O)O)CCC2(C)C3=C(CC12)[C@@]1(C)CCC(=O)C(C)(C)C1CC3. The minimum Gasteiger partial charge on any atom is -0.478 e. The second kappa shape index (κ2) is 8.24. The summed E-state index contributed by atoms with van der Waals surface area (Å²) in [6.45, 7) is 18.1. The fraction of sp³-hybridized carbons (Fsp3) is 0.733. The predicted octanol–water partition coefficient (Wildman–Crippen LogP) is 7.53. The number of hydrogen-bond acceptors (Lipinski definition) is 2. The Kier molecular flexibility index (Phi) is 6.11. The van der Waals surface area contributed by atoms with Crippen LogP contribution in [0.15, 0.2) is 34.9 Å². The van der Waals surface area contributed by atoms with Crippen LogP contribution in [0, 0.1) is 39.9 Å². The molecular formula is C30H44O3. The summed E-state index contributed by atoms with van der Waals surface area (Å²) in [5.74, 6) is 1.67. The highest BCUT2D eigenvalue weighted by molar-refractivity contribution is 5.86. The highest BCUT2D eigenvalue weighted by Crippen LogP contribution is 2.69. The van der Waals surface area contributed by atoms with Crippen LogP contribution in [0.5, 0.6) is 0 Å². The van der Waals surface area contributed by atoms with Crippen LogP contribution in [0.1, 0.15) is 99.3 Å². The quantitative estimate of drug-likeness (QED) is 0.346. The highest BCUT2D eigenvalue weighted by atomic mass is 16.4. The first kappa shape index (κ1) is 24.5. The summed E-state index contributed by atoms with van der Waals surface area (Å²) in [5.41, 5.74) is 5.49. The number of Topliss-reactive ketones (excluding diaryl/α,β-unsaturated/α-hetero) is 1. The number of ketones is 1. The topological polar surface area (TPSA) is 54.4 Å². The van der Waals surface area contributed by atoms with Gasteiger partial charge in [0.1, 0.15) is 5.78 Å². The van der Waals surface area contributed by atoms with Gasteiger partial charge in [-0.25, -0.2) is 4.79 Å². The van der Waals surface area contributed by atoms with Crippen molar-refractivity contribution >= 4 is 11.8 Å². The number of carboxylic acid groups (broad SMARTS) is 1. The van der Waals surface area contributed by atoms with E-state index in [-0.39, 0.29) is 16.2 Å². The van der Waals surface area contributed by atoms with Crippen molar-refractivity contribution in [2.24, 2.45) is 39.9 Å². The lowest BCUT2D eigenvalue weighted by atomic mass is 9.49. The van der Waals surface area contributed by atoms with E-state index in [0.29, 0.717) is 35.0 Å². The molecule has 2 saturated carbocycles. The van der Waals surface area contributed by atoms with Crippen molar-refractivity contribution in [3.63, 3.8) is 0 Å². The van der Waals surface area contributed by atoms with Gasteiger partial charge in [-0.3, -0.25) is 4.79 Å². The normalized spacial score (nSPS) is 39.1. The Morgan fingerprint density at radius 3 is 2.48 bits per heavy atom. The number of carboxylic acids is 1. The van der Waals surface area contributed by atoms with Crippen molar-refractivity contribution in [2.75, 3.05) is 0 Å². The number of hydrogen-bond donors (Lipinski definition) is 1. The van der Waals surface area contributed by atoms with Gasteiger partial charge in [0.05, 0.1) is 0 Å². The van der Waals surface area contributed by atoms with Crippen LogP contribution >= 0.6 is 0 Å². The largest absolute Gasteiger partial charge is 0.478 e. The molecule has 3 heteroatoms. The van der Waals surface area contributed by atoms with E-state index in [1.165, 1.54) is 18.4 Å². The minimum atomic E-state index is -0.817. The molecule has 0 aromatic rings. The molecular weight excluding hydrogens is 408 g/mol. The molecule has 0 saturated heterocycles. The van der Waals surface area contributed by atoms with Crippen LogP contribution in [-0.2, 0) is 9.59 Å². The maximum Gasteiger partial charge on any atom is 0.330 e. The summed E-state index contributed by atoms with van der Waals surface area (Å²) in [5, 5.41) is 9.12. The number of carbonyl (C=O) groups is 2. The molecule has 0 amide bonds. The van der Waals surface area contributed by atoms with Gasteiger partial charge in [-0.05, 0) is 92.8 Å². The van der Waals surface area contributed by atoms with Gasteiger partial charge in [-0.2, -0.15) is 0 Å².